The number of amides is 1. The maximum Gasteiger partial charge on any atom is 0.326 e. The predicted molar refractivity (Wildman–Crippen MR) is 142 cm³/mol. The Morgan fingerprint density at radius 2 is 1.89 bits per heavy atom. The van der Waals surface area contributed by atoms with E-state index in [0.29, 0.717) is 47.0 Å². The number of aliphatic carboxylic acids is 1. The van der Waals surface area contributed by atoms with Gasteiger partial charge in [0.1, 0.15) is 23.0 Å². The smallest absolute Gasteiger partial charge is 0.326 e. The summed E-state index contributed by atoms with van der Waals surface area (Å²) < 4.78 is 6.07. The average molecular weight is 509 g/mol. The highest BCUT2D eigenvalue weighted by molar-refractivity contribution is 6.06. The molecular weight excluding hydrogens is 484 g/mol. The second-order valence-corrected chi connectivity index (χ2v) is 9.42. The Labute approximate surface area is 217 Å². The molecule has 5 aromatic rings. The third-order valence-corrected chi connectivity index (χ3v) is 6.77. The van der Waals surface area contributed by atoms with E-state index in [1.54, 1.807) is 18.0 Å². The maximum absolute atomic E-state index is 12.9. The molecule has 1 amide bonds. The van der Waals surface area contributed by atoms with E-state index in [1.807, 2.05) is 60.7 Å². The van der Waals surface area contributed by atoms with Gasteiger partial charge in [-0.3, -0.25) is 4.79 Å². The number of hydrogen-bond donors (Lipinski definition) is 2. The number of carbonyl (C=O) groups excluding carboxylic acids is 1. The number of rotatable bonds is 6. The van der Waals surface area contributed by atoms with E-state index in [9.17, 15) is 14.7 Å². The lowest BCUT2D eigenvalue weighted by Crippen LogP contribution is -2.36. The monoisotopic (exact) mass is 508 g/mol. The topological polar surface area (TPSA) is 134 Å². The first kappa shape index (κ1) is 23.5. The molecule has 2 atom stereocenters. The van der Waals surface area contributed by atoms with Crippen LogP contribution in [0.5, 0.6) is 0 Å². The third-order valence-electron chi connectivity index (χ3n) is 6.77. The summed E-state index contributed by atoms with van der Waals surface area (Å²) in [6.45, 7) is 2.13. The second-order valence-electron chi connectivity index (χ2n) is 9.42. The summed E-state index contributed by atoms with van der Waals surface area (Å²) in [7, 11) is 0. The van der Waals surface area contributed by atoms with Gasteiger partial charge in [-0.05, 0) is 55.7 Å². The number of anilines is 2. The molecular formula is C28H24N6O4. The highest BCUT2D eigenvalue weighted by atomic mass is 16.4. The fraction of sp³-hybridized carbons (Fsp3) is 0.214. The Bertz CT molecular complexity index is 1650. The van der Waals surface area contributed by atoms with Gasteiger partial charge in [0.25, 0.3) is 0 Å². The minimum atomic E-state index is -0.965. The van der Waals surface area contributed by atoms with Crippen molar-refractivity contribution < 1.29 is 19.1 Å². The van der Waals surface area contributed by atoms with E-state index in [2.05, 4.69) is 25.5 Å². The van der Waals surface area contributed by atoms with Crippen LogP contribution >= 0.6 is 0 Å². The van der Waals surface area contributed by atoms with Crippen LogP contribution < -0.4 is 10.2 Å². The number of fused-ring (bicyclic) bond motifs is 3. The molecule has 0 spiro atoms. The number of para-hydroxylation sites is 1. The lowest BCUT2D eigenvalue weighted by Gasteiger charge is -2.22. The molecule has 0 saturated carbocycles. The molecule has 0 radical (unpaired) electrons. The predicted octanol–water partition coefficient (Wildman–Crippen LogP) is 4.45. The quantitative estimate of drug-likeness (QED) is 0.341. The summed E-state index contributed by atoms with van der Waals surface area (Å²) in [5.74, 6) is -0.355. The molecule has 3 aromatic heterocycles. The average Bonchev–Trinajstić information content (AvgIpc) is 3.51. The fourth-order valence-electron chi connectivity index (χ4n) is 5.07. The van der Waals surface area contributed by atoms with Crippen LogP contribution in [0.3, 0.4) is 0 Å². The van der Waals surface area contributed by atoms with Crippen LogP contribution in [0.15, 0.2) is 71.3 Å². The van der Waals surface area contributed by atoms with Crippen LogP contribution in [0.2, 0.25) is 0 Å². The number of carboxylic acids is 1. The van der Waals surface area contributed by atoms with Gasteiger partial charge in [0, 0.05) is 35.8 Å². The minimum Gasteiger partial charge on any atom is -0.480 e. The standard InChI is InChI=1S/C28H24N6O4/c1-16-30-25-20-5-2-3-7-23(20)38-26(25)27(31-16)34-15-17(13-22(34)28(36)37)14-24(35)32-19-10-8-18(9-11-19)21-6-4-12-29-33-21/h2-12,17,22H,13-15H2,1H3,(H,32,35)(H,36,37)/t17-,22+/m1/s1. The Morgan fingerprint density at radius 3 is 2.66 bits per heavy atom. The largest absolute Gasteiger partial charge is 0.480 e. The molecule has 1 aliphatic rings. The number of benzene rings is 2. The third kappa shape index (κ3) is 4.40. The Morgan fingerprint density at radius 1 is 1.08 bits per heavy atom. The fourth-order valence-corrected chi connectivity index (χ4v) is 5.07. The van der Waals surface area contributed by atoms with Crippen LogP contribution in [0, 0.1) is 12.8 Å². The lowest BCUT2D eigenvalue weighted by molar-refractivity contribution is -0.138. The van der Waals surface area contributed by atoms with Crippen molar-refractivity contribution in [2.45, 2.75) is 25.8 Å². The van der Waals surface area contributed by atoms with Gasteiger partial charge in [-0.25, -0.2) is 14.8 Å². The number of carboxylic acid groups (broad SMARTS) is 1. The van der Waals surface area contributed by atoms with Crippen molar-refractivity contribution in [3.63, 3.8) is 0 Å². The van der Waals surface area contributed by atoms with Crippen LogP contribution in [0.25, 0.3) is 33.3 Å². The number of furan rings is 1. The summed E-state index contributed by atoms with van der Waals surface area (Å²) in [6, 6.07) is 17.8. The van der Waals surface area contributed by atoms with Crippen molar-refractivity contribution in [3.05, 3.63) is 72.7 Å². The molecule has 10 nitrogen and oxygen atoms in total. The van der Waals surface area contributed by atoms with E-state index in [4.69, 9.17) is 4.42 Å². The van der Waals surface area contributed by atoms with Gasteiger partial charge in [-0.1, -0.05) is 24.3 Å². The summed E-state index contributed by atoms with van der Waals surface area (Å²) in [4.78, 5) is 36.0. The zero-order chi connectivity index (χ0) is 26.2. The van der Waals surface area contributed by atoms with Crippen molar-refractivity contribution in [3.8, 4) is 11.3 Å². The number of aryl methyl sites for hydroxylation is 1. The van der Waals surface area contributed by atoms with Crippen molar-refractivity contribution in [2.24, 2.45) is 5.92 Å². The molecule has 190 valence electrons. The van der Waals surface area contributed by atoms with Crippen molar-refractivity contribution in [1.29, 1.82) is 0 Å². The number of aromatic nitrogens is 4. The molecule has 1 fully saturated rings. The minimum absolute atomic E-state index is 0.176. The molecule has 0 bridgehead atoms. The first-order chi connectivity index (χ1) is 18.5. The summed E-state index contributed by atoms with van der Waals surface area (Å²) >= 11 is 0. The van der Waals surface area contributed by atoms with Gasteiger partial charge < -0.3 is 19.7 Å². The van der Waals surface area contributed by atoms with Gasteiger partial charge in [0.15, 0.2) is 11.4 Å². The van der Waals surface area contributed by atoms with Crippen LogP contribution in [-0.4, -0.2) is 49.7 Å². The van der Waals surface area contributed by atoms with Gasteiger partial charge in [-0.2, -0.15) is 10.2 Å². The van der Waals surface area contributed by atoms with Crippen LogP contribution in [0.1, 0.15) is 18.7 Å². The zero-order valence-corrected chi connectivity index (χ0v) is 20.5. The van der Waals surface area contributed by atoms with E-state index in [-0.39, 0.29) is 18.2 Å². The normalized spacial score (nSPS) is 17.2. The van der Waals surface area contributed by atoms with Crippen LogP contribution in [0.4, 0.5) is 11.5 Å². The molecule has 2 N–H and O–H groups in total. The zero-order valence-electron chi connectivity index (χ0n) is 20.5. The molecule has 4 heterocycles. The Hall–Kier alpha value is -4.86. The molecule has 2 aromatic carbocycles. The van der Waals surface area contributed by atoms with Crippen molar-refractivity contribution in [1.82, 2.24) is 20.2 Å². The highest BCUT2D eigenvalue weighted by Gasteiger charge is 2.40. The molecule has 10 heteroatoms. The van der Waals surface area contributed by atoms with E-state index >= 15 is 0 Å². The first-order valence-electron chi connectivity index (χ1n) is 12.3. The van der Waals surface area contributed by atoms with E-state index < -0.39 is 12.0 Å². The Balaban J connectivity index is 1.21. The Kier molecular flexibility index (Phi) is 5.91. The van der Waals surface area contributed by atoms with Gasteiger partial charge in [0.05, 0.1) is 5.69 Å². The maximum atomic E-state index is 12.9. The SMILES string of the molecule is Cc1nc(N2C[C@@H](CC(=O)Nc3ccc(-c4cccnn4)cc3)C[C@H]2C(=O)O)c2oc3ccccc3c2n1. The van der Waals surface area contributed by atoms with Gasteiger partial charge in [0.2, 0.25) is 5.91 Å². The van der Waals surface area contributed by atoms with E-state index in [1.165, 1.54) is 0 Å². The molecule has 0 unspecified atom stereocenters. The van der Waals surface area contributed by atoms with Gasteiger partial charge in [-0.15, -0.1) is 0 Å². The number of hydrogen-bond acceptors (Lipinski definition) is 8. The summed E-state index contributed by atoms with van der Waals surface area (Å²) in [5, 5.41) is 21.8. The number of carbonyl (C=O) groups is 2. The van der Waals surface area contributed by atoms with E-state index in [0.717, 1.165) is 16.6 Å². The highest BCUT2D eigenvalue weighted by Crippen LogP contribution is 2.37. The first-order valence-corrected chi connectivity index (χ1v) is 12.3. The molecule has 1 saturated heterocycles. The number of nitrogens with zero attached hydrogens (tertiary/aromatic N) is 5. The van der Waals surface area contributed by atoms with Gasteiger partial charge >= 0.3 is 5.97 Å². The second kappa shape index (κ2) is 9.55. The molecule has 0 aliphatic carbocycles. The summed E-state index contributed by atoms with van der Waals surface area (Å²) in [6.07, 6.45) is 2.11. The van der Waals surface area contributed by atoms with Crippen molar-refractivity contribution in [2.75, 3.05) is 16.8 Å². The summed E-state index contributed by atoms with van der Waals surface area (Å²) in [5.41, 5.74) is 4.06. The lowest BCUT2D eigenvalue weighted by atomic mass is 10.0. The van der Waals surface area contributed by atoms with Crippen LogP contribution in [-0.2, 0) is 9.59 Å². The molecule has 6 rings (SSSR count). The number of nitrogens with one attached hydrogen (secondary N) is 1. The molecule has 38 heavy (non-hydrogen) atoms. The molecule has 1 aliphatic heterocycles. The van der Waals surface area contributed by atoms with Crippen molar-refractivity contribution >= 4 is 45.5 Å².